The van der Waals surface area contributed by atoms with Crippen LogP contribution in [0.1, 0.15) is 50.3 Å². The van der Waals surface area contributed by atoms with Crippen LogP contribution in [0.2, 0.25) is 0 Å². The topological polar surface area (TPSA) is 75.7 Å². The van der Waals surface area contributed by atoms with E-state index in [-0.39, 0.29) is 23.4 Å². The summed E-state index contributed by atoms with van der Waals surface area (Å²) in [6.07, 6.45) is 0.659. The van der Waals surface area contributed by atoms with E-state index in [0.29, 0.717) is 18.0 Å². The van der Waals surface area contributed by atoms with Crippen molar-refractivity contribution in [1.82, 2.24) is 5.32 Å². The van der Waals surface area contributed by atoms with Crippen LogP contribution in [0.25, 0.3) is 0 Å². The second kappa shape index (κ2) is 11.2. The minimum absolute atomic E-state index is 0.137. The first-order chi connectivity index (χ1) is 16.3. The van der Waals surface area contributed by atoms with Crippen LogP contribution in [0.5, 0.6) is 5.75 Å². The number of ether oxygens (including phenoxy) is 1. The SMILES string of the molecule is CC[C@@H](NC(=O)CN(c1ccc(C(C)C)cc1)S(=O)(=O)c1ccccc1)c1ccc(OC)cc1. The molecule has 0 fully saturated rings. The summed E-state index contributed by atoms with van der Waals surface area (Å²) in [4.78, 5) is 13.2. The molecule has 0 radical (unpaired) electrons. The Kier molecular flexibility index (Phi) is 8.34. The monoisotopic (exact) mass is 480 g/mol. The molecule has 3 aromatic carbocycles. The van der Waals surface area contributed by atoms with Crippen molar-refractivity contribution in [3.05, 3.63) is 90.0 Å². The third-order valence-electron chi connectivity index (χ3n) is 5.73. The molecule has 0 aromatic heterocycles. The van der Waals surface area contributed by atoms with Gasteiger partial charge in [-0.05, 0) is 59.9 Å². The van der Waals surface area contributed by atoms with Gasteiger partial charge in [0.15, 0.2) is 0 Å². The van der Waals surface area contributed by atoms with Crippen molar-refractivity contribution < 1.29 is 17.9 Å². The number of nitrogens with zero attached hydrogens (tertiary/aromatic N) is 1. The number of rotatable bonds is 10. The van der Waals surface area contributed by atoms with Gasteiger partial charge in [0.2, 0.25) is 5.91 Å². The van der Waals surface area contributed by atoms with E-state index in [4.69, 9.17) is 4.74 Å². The molecule has 1 atom stereocenters. The fourth-order valence-electron chi connectivity index (χ4n) is 3.69. The average Bonchev–Trinajstić information content (AvgIpc) is 2.86. The van der Waals surface area contributed by atoms with E-state index < -0.39 is 10.0 Å². The van der Waals surface area contributed by atoms with Gasteiger partial charge in [-0.15, -0.1) is 0 Å². The Hall–Kier alpha value is -3.32. The summed E-state index contributed by atoms with van der Waals surface area (Å²) in [7, 11) is -2.34. The number of methoxy groups -OCH3 is 1. The molecular formula is C27H32N2O4S. The Labute approximate surface area is 202 Å². The molecule has 0 heterocycles. The number of sulfonamides is 1. The predicted molar refractivity (Wildman–Crippen MR) is 136 cm³/mol. The Balaban J connectivity index is 1.89. The van der Waals surface area contributed by atoms with Crippen LogP contribution in [0.3, 0.4) is 0 Å². The van der Waals surface area contributed by atoms with Crippen LogP contribution < -0.4 is 14.4 Å². The molecule has 0 bridgehead atoms. The van der Waals surface area contributed by atoms with Crippen molar-refractivity contribution in [2.24, 2.45) is 0 Å². The van der Waals surface area contributed by atoms with Gasteiger partial charge in [0, 0.05) is 0 Å². The van der Waals surface area contributed by atoms with Gasteiger partial charge in [0.1, 0.15) is 12.3 Å². The van der Waals surface area contributed by atoms with Crippen LogP contribution in [0.4, 0.5) is 5.69 Å². The van der Waals surface area contributed by atoms with Crippen molar-refractivity contribution >= 4 is 21.6 Å². The first-order valence-electron chi connectivity index (χ1n) is 11.4. The molecule has 7 heteroatoms. The van der Waals surface area contributed by atoms with E-state index >= 15 is 0 Å². The maximum absolute atomic E-state index is 13.5. The Morgan fingerprint density at radius 2 is 1.50 bits per heavy atom. The quantitative estimate of drug-likeness (QED) is 0.428. The van der Waals surface area contributed by atoms with E-state index in [9.17, 15) is 13.2 Å². The van der Waals surface area contributed by atoms with E-state index in [0.717, 1.165) is 16.9 Å². The summed E-state index contributed by atoms with van der Waals surface area (Å²) in [5, 5.41) is 2.99. The van der Waals surface area contributed by atoms with Crippen LogP contribution in [-0.2, 0) is 14.8 Å². The molecule has 180 valence electrons. The lowest BCUT2D eigenvalue weighted by Gasteiger charge is -2.26. The third kappa shape index (κ3) is 5.97. The standard InChI is InChI=1S/C27H32N2O4S/c1-5-26(22-13-17-24(33-4)18-14-22)28-27(30)19-29(23-15-11-21(12-16-23)20(2)3)34(31,32)25-9-7-6-8-10-25/h6-18,20,26H,5,19H2,1-4H3,(H,28,30)/t26-/m1/s1. The zero-order valence-corrected chi connectivity index (χ0v) is 20.9. The van der Waals surface area contributed by atoms with Gasteiger partial charge in [-0.1, -0.05) is 63.2 Å². The van der Waals surface area contributed by atoms with Crippen molar-refractivity contribution in [3.63, 3.8) is 0 Å². The molecule has 1 N–H and O–H groups in total. The first kappa shape index (κ1) is 25.3. The van der Waals surface area contributed by atoms with E-state index in [1.54, 1.807) is 37.4 Å². The number of anilines is 1. The normalized spacial score (nSPS) is 12.3. The van der Waals surface area contributed by atoms with Crippen molar-refractivity contribution in [3.8, 4) is 5.75 Å². The lowest BCUT2D eigenvalue weighted by molar-refractivity contribution is -0.120. The number of carbonyl (C=O) groups excluding carboxylic acids is 1. The van der Waals surface area contributed by atoms with Crippen molar-refractivity contribution in [1.29, 1.82) is 0 Å². The van der Waals surface area contributed by atoms with Crippen molar-refractivity contribution in [2.45, 2.75) is 44.0 Å². The zero-order chi connectivity index (χ0) is 24.7. The van der Waals surface area contributed by atoms with E-state index in [2.05, 4.69) is 19.2 Å². The molecule has 0 aliphatic heterocycles. The molecule has 1 amide bonds. The zero-order valence-electron chi connectivity index (χ0n) is 20.1. The molecule has 0 aliphatic rings. The Bertz CT molecular complexity index is 1180. The van der Waals surface area contributed by atoms with Gasteiger partial charge in [-0.25, -0.2) is 8.42 Å². The number of hydrogen-bond donors (Lipinski definition) is 1. The van der Waals surface area contributed by atoms with Gasteiger partial charge in [0.05, 0.1) is 23.7 Å². The summed E-state index contributed by atoms with van der Waals surface area (Å²) < 4.78 is 33.4. The Morgan fingerprint density at radius 1 is 0.912 bits per heavy atom. The molecule has 6 nitrogen and oxygen atoms in total. The fraction of sp³-hybridized carbons (Fsp3) is 0.296. The summed E-state index contributed by atoms with van der Waals surface area (Å²) >= 11 is 0. The summed E-state index contributed by atoms with van der Waals surface area (Å²) in [5.41, 5.74) is 2.46. The smallest absolute Gasteiger partial charge is 0.264 e. The number of benzene rings is 3. The molecule has 0 saturated heterocycles. The number of hydrogen-bond acceptors (Lipinski definition) is 4. The lowest BCUT2D eigenvalue weighted by Crippen LogP contribution is -2.42. The molecular weight excluding hydrogens is 448 g/mol. The maximum Gasteiger partial charge on any atom is 0.264 e. The minimum Gasteiger partial charge on any atom is -0.497 e. The van der Waals surface area contributed by atoms with Gasteiger partial charge in [-0.3, -0.25) is 9.10 Å². The van der Waals surface area contributed by atoms with E-state index in [1.165, 1.54) is 16.4 Å². The van der Waals surface area contributed by atoms with Gasteiger partial charge in [0.25, 0.3) is 10.0 Å². The predicted octanol–water partition coefficient (Wildman–Crippen LogP) is 5.28. The molecule has 0 spiro atoms. The van der Waals surface area contributed by atoms with Crippen LogP contribution in [0, 0.1) is 0 Å². The van der Waals surface area contributed by atoms with Crippen molar-refractivity contribution in [2.75, 3.05) is 18.0 Å². The lowest BCUT2D eigenvalue weighted by atomic mass is 10.0. The molecule has 0 aliphatic carbocycles. The minimum atomic E-state index is -3.94. The molecule has 3 rings (SSSR count). The van der Waals surface area contributed by atoms with Gasteiger partial charge < -0.3 is 10.1 Å². The Morgan fingerprint density at radius 3 is 2.03 bits per heavy atom. The van der Waals surface area contributed by atoms with Gasteiger partial charge >= 0.3 is 0 Å². The molecule has 0 unspecified atom stereocenters. The first-order valence-corrected chi connectivity index (χ1v) is 12.8. The van der Waals surface area contributed by atoms with Crippen LogP contribution >= 0.6 is 0 Å². The van der Waals surface area contributed by atoms with Crippen LogP contribution in [-0.4, -0.2) is 28.0 Å². The highest BCUT2D eigenvalue weighted by Crippen LogP contribution is 2.26. The second-order valence-electron chi connectivity index (χ2n) is 8.37. The highest BCUT2D eigenvalue weighted by atomic mass is 32.2. The summed E-state index contributed by atoms with van der Waals surface area (Å²) in [6, 6.07) is 22.7. The van der Waals surface area contributed by atoms with Gasteiger partial charge in [-0.2, -0.15) is 0 Å². The summed E-state index contributed by atoms with van der Waals surface area (Å²) in [5.74, 6) is 0.663. The van der Waals surface area contributed by atoms with Crippen LogP contribution in [0.15, 0.2) is 83.8 Å². The highest BCUT2D eigenvalue weighted by Gasteiger charge is 2.28. The number of carbonyl (C=O) groups is 1. The molecule has 0 saturated carbocycles. The summed E-state index contributed by atoms with van der Waals surface area (Å²) in [6.45, 7) is 5.79. The average molecular weight is 481 g/mol. The largest absolute Gasteiger partial charge is 0.497 e. The molecule has 3 aromatic rings. The molecule has 34 heavy (non-hydrogen) atoms. The number of amides is 1. The second-order valence-corrected chi connectivity index (χ2v) is 10.2. The fourth-order valence-corrected chi connectivity index (χ4v) is 5.13. The maximum atomic E-state index is 13.5. The third-order valence-corrected chi connectivity index (χ3v) is 7.52. The highest BCUT2D eigenvalue weighted by molar-refractivity contribution is 7.92. The number of nitrogens with one attached hydrogen (secondary N) is 1. The van der Waals surface area contributed by atoms with E-state index in [1.807, 2.05) is 43.3 Å².